The van der Waals surface area contributed by atoms with E-state index >= 15 is 0 Å². The van der Waals surface area contributed by atoms with Gasteiger partial charge in [-0.3, -0.25) is 14.6 Å². The summed E-state index contributed by atoms with van der Waals surface area (Å²) in [6, 6.07) is 1.93. The zero-order valence-electron chi connectivity index (χ0n) is 17.5. The Kier molecular flexibility index (Phi) is 6.48. The van der Waals surface area contributed by atoms with Crippen molar-refractivity contribution in [3.05, 3.63) is 41.3 Å². The summed E-state index contributed by atoms with van der Waals surface area (Å²) < 4.78 is 46.7. The zero-order chi connectivity index (χ0) is 24.5. The predicted molar refractivity (Wildman–Crippen MR) is 109 cm³/mol. The summed E-state index contributed by atoms with van der Waals surface area (Å²) in [6.45, 7) is 3.42. The molecule has 2 atom stereocenters. The van der Waals surface area contributed by atoms with Gasteiger partial charge in [0, 0.05) is 12.6 Å². The standard InChI is InChI=1S/C19H21F3N6O5/c1-3-24-15(29)10-5-4-6-11(19(20,21)22)13(10)28-14(23)12(33-18(31)32)7-25-16(28)27-8-9(2)26-17(27)30/h4-7,9,14H,3,8,23H2,1-2H3,(H,24,29)(H,26,30)(H,31,32). The first kappa shape index (κ1) is 23.8. The molecule has 14 heteroatoms. The number of aliphatic imine (C=N–C) groups is 1. The second kappa shape index (κ2) is 8.97. The molecule has 33 heavy (non-hydrogen) atoms. The molecule has 0 aromatic heterocycles. The van der Waals surface area contributed by atoms with Crippen molar-refractivity contribution < 1.29 is 37.4 Å². The molecular weight excluding hydrogens is 449 g/mol. The fraction of sp³-hybridized carbons (Fsp3) is 0.368. The fourth-order valence-electron chi connectivity index (χ4n) is 3.47. The minimum Gasteiger partial charge on any atom is -0.449 e. The van der Waals surface area contributed by atoms with Crippen LogP contribution < -0.4 is 21.3 Å². The summed E-state index contributed by atoms with van der Waals surface area (Å²) in [5.74, 6) is -1.67. The average molecular weight is 470 g/mol. The van der Waals surface area contributed by atoms with E-state index in [1.165, 1.54) is 0 Å². The first-order valence-electron chi connectivity index (χ1n) is 9.75. The van der Waals surface area contributed by atoms with Crippen LogP contribution in [0.4, 0.5) is 28.4 Å². The highest BCUT2D eigenvalue weighted by atomic mass is 19.4. The molecule has 1 aromatic rings. The maximum Gasteiger partial charge on any atom is 0.511 e. The molecule has 0 saturated carbocycles. The van der Waals surface area contributed by atoms with Crippen molar-refractivity contribution in [2.24, 2.45) is 10.7 Å². The Hall–Kier alpha value is -3.81. The number of para-hydroxylation sites is 1. The van der Waals surface area contributed by atoms with Crippen LogP contribution in [0.25, 0.3) is 0 Å². The van der Waals surface area contributed by atoms with E-state index in [2.05, 4.69) is 20.4 Å². The maximum atomic E-state index is 14.0. The molecule has 1 aromatic carbocycles. The van der Waals surface area contributed by atoms with Gasteiger partial charge in [0.2, 0.25) is 5.96 Å². The SMILES string of the molecule is CCNC(=O)c1cccc(C(F)(F)F)c1N1C(N2CC(C)NC2=O)=NC=C(OC(=O)O)C1N. The monoisotopic (exact) mass is 470 g/mol. The number of rotatable bonds is 4. The Labute approximate surface area is 185 Å². The summed E-state index contributed by atoms with van der Waals surface area (Å²) in [6.07, 6.45) is -7.45. The van der Waals surface area contributed by atoms with Crippen LogP contribution in [-0.2, 0) is 10.9 Å². The van der Waals surface area contributed by atoms with Gasteiger partial charge in [0.05, 0.1) is 29.6 Å². The van der Waals surface area contributed by atoms with Gasteiger partial charge in [-0.2, -0.15) is 13.2 Å². The molecule has 2 heterocycles. The molecule has 0 spiro atoms. The number of benzene rings is 1. The van der Waals surface area contributed by atoms with Crippen molar-refractivity contribution in [3.8, 4) is 0 Å². The van der Waals surface area contributed by atoms with Gasteiger partial charge >= 0.3 is 18.4 Å². The summed E-state index contributed by atoms with van der Waals surface area (Å²) in [4.78, 5) is 42.0. The highest BCUT2D eigenvalue weighted by molar-refractivity contribution is 6.11. The Morgan fingerprint density at radius 3 is 2.64 bits per heavy atom. The molecule has 2 aliphatic heterocycles. The van der Waals surface area contributed by atoms with E-state index in [0.717, 1.165) is 34.2 Å². The number of carbonyl (C=O) groups excluding carboxylic acids is 2. The number of nitrogens with one attached hydrogen (secondary N) is 2. The largest absolute Gasteiger partial charge is 0.511 e. The number of hydrogen-bond acceptors (Lipinski definition) is 7. The van der Waals surface area contributed by atoms with Crippen molar-refractivity contribution in [2.45, 2.75) is 32.2 Å². The number of hydrogen-bond donors (Lipinski definition) is 4. The fourth-order valence-corrected chi connectivity index (χ4v) is 3.47. The summed E-state index contributed by atoms with van der Waals surface area (Å²) in [5, 5.41) is 14.0. The van der Waals surface area contributed by atoms with Crippen molar-refractivity contribution in [2.75, 3.05) is 18.0 Å². The Bertz CT molecular complexity index is 1040. The van der Waals surface area contributed by atoms with E-state index < -0.39 is 53.0 Å². The molecule has 2 unspecified atom stereocenters. The van der Waals surface area contributed by atoms with E-state index in [9.17, 15) is 27.6 Å². The van der Waals surface area contributed by atoms with Gasteiger partial charge < -0.3 is 26.2 Å². The van der Waals surface area contributed by atoms with Crippen LogP contribution in [0.5, 0.6) is 0 Å². The molecule has 0 bridgehead atoms. The number of carbonyl (C=O) groups is 3. The minimum atomic E-state index is -4.93. The molecule has 178 valence electrons. The normalized spacial score (nSPS) is 20.7. The lowest BCUT2D eigenvalue weighted by Crippen LogP contribution is -2.57. The van der Waals surface area contributed by atoms with Gasteiger partial charge in [0.1, 0.15) is 6.17 Å². The van der Waals surface area contributed by atoms with E-state index in [-0.39, 0.29) is 25.1 Å². The minimum absolute atomic E-state index is 0.0362. The molecule has 0 radical (unpaired) electrons. The molecular formula is C19H21F3N6O5. The zero-order valence-corrected chi connectivity index (χ0v) is 17.5. The third-order valence-electron chi connectivity index (χ3n) is 4.77. The quantitative estimate of drug-likeness (QED) is 0.491. The highest BCUT2D eigenvalue weighted by Gasteiger charge is 2.44. The highest BCUT2D eigenvalue weighted by Crippen LogP contribution is 2.41. The van der Waals surface area contributed by atoms with E-state index in [1.807, 2.05) is 0 Å². The second-order valence-electron chi connectivity index (χ2n) is 7.16. The first-order valence-corrected chi connectivity index (χ1v) is 9.75. The van der Waals surface area contributed by atoms with Crippen LogP contribution in [0.1, 0.15) is 29.8 Å². The third-order valence-corrected chi connectivity index (χ3v) is 4.77. The van der Waals surface area contributed by atoms with Crippen LogP contribution in [0.3, 0.4) is 0 Å². The van der Waals surface area contributed by atoms with Crippen molar-refractivity contribution in [1.82, 2.24) is 15.5 Å². The lowest BCUT2D eigenvalue weighted by Gasteiger charge is -2.38. The molecule has 0 aliphatic carbocycles. The van der Waals surface area contributed by atoms with E-state index in [0.29, 0.717) is 0 Å². The number of halogens is 3. The van der Waals surface area contributed by atoms with Crippen molar-refractivity contribution in [3.63, 3.8) is 0 Å². The first-order chi connectivity index (χ1) is 15.5. The van der Waals surface area contributed by atoms with Crippen LogP contribution >= 0.6 is 0 Å². The van der Waals surface area contributed by atoms with Gasteiger partial charge in [0.15, 0.2) is 5.76 Å². The molecule has 5 N–H and O–H groups in total. The summed E-state index contributed by atoms with van der Waals surface area (Å²) >= 11 is 0. The smallest absolute Gasteiger partial charge is 0.449 e. The number of guanidine groups is 1. The number of nitrogens with zero attached hydrogens (tertiary/aromatic N) is 3. The van der Waals surface area contributed by atoms with Crippen LogP contribution in [-0.4, -0.2) is 59.4 Å². The Morgan fingerprint density at radius 1 is 1.39 bits per heavy atom. The maximum absolute atomic E-state index is 14.0. The lowest BCUT2D eigenvalue weighted by molar-refractivity contribution is -0.137. The number of urea groups is 1. The molecule has 1 fully saturated rings. The summed E-state index contributed by atoms with van der Waals surface area (Å²) in [5.41, 5.74) is 3.79. The molecule has 3 rings (SSSR count). The second-order valence-corrected chi connectivity index (χ2v) is 7.16. The molecule has 1 saturated heterocycles. The van der Waals surface area contributed by atoms with Gasteiger partial charge in [-0.05, 0) is 26.0 Å². The van der Waals surface area contributed by atoms with Crippen LogP contribution in [0.2, 0.25) is 0 Å². The Morgan fingerprint density at radius 2 is 2.09 bits per heavy atom. The van der Waals surface area contributed by atoms with E-state index in [1.54, 1.807) is 13.8 Å². The third kappa shape index (κ3) is 4.69. The van der Waals surface area contributed by atoms with Crippen LogP contribution in [0, 0.1) is 0 Å². The van der Waals surface area contributed by atoms with Gasteiger partial charge in [-0.1, -0.05) is 6.07 Å². The number of ether oxygens (including phenoxy) is 1. The van der Waals surface area contributed by atoms with E-state index in [4.69, 9.17) is 10.8 Å². The molecule has 2 aliphatic rings. The molecule has 3 amide bonds. The number of alkyl halides is 3. The predicted octanol–water partition coefficient (Wildman–Crippen LogP) is 1.87. The number of nitrogens with two attached hydrogens (primary N) is 1. The van der Waals surface area contributed by atoms with Gasteiger partial charge in [0.25, 0.3) is 5.91 Å². The lowest BCUT2D eigenvalue weighted by atomic mass is 10.0. The topological polar surface area (TPSA) is 150 Å². The van der Waals surface area contributed by atoms with Crippen LogP contribution in [0.15, 0.2) is 35.2 Å². The summed E-state index contributed by atoms with van der Waals surface area (Å²) in [7, 11) is 0. The van der Waals surface area contributed by atoms with Crippen molar-refractivity contribution in [1.29, 1.82) is 0 Å². The Balaban J connectivity index is 2.27. The number of carboxylic acid groups (broad SMARTS) is 1. The number of amides is 3. The average Bonchev–Trinajstić information content (AvgIpc) is 3.06. The van der Waals surface area contributed by atoms with Gasteiger partial charge in [-0.15, -0.1) is 0 Å². The molecule has 11 nitrogen and oxygen atoms in total. The van der Waals surface area contributed by atoms with Gasteiger partial charge in [-0.25, -0.2) is 14.6 Å². The number of anilines is 1. The van der Waals surface area contributed by atoms with Crippen molar-refractivity contribution >= 4 is 29.7 Å².